The fourth-order valence-electron chi connectivity index (χ4n) is 2.81. The van der Waals surface area contributed by atoms with Crippen molar-refractivity contribution in [1.82, 2.24) is 4.98 Å². The number of ether oxygens (including phenoxy) is 1. The van der Waals surface area contributed by atoms with Crippen molar-refractivity contribution in [2.75, 3.05) is 25.1 Å². The van der Waals surface area contributed by atoms with Crippen LogP contribution >= 0.6 is 0 Å². The van der Waals surface area contributed by atoms with E-state index in [0.717, 1.165) is 41.9 Å². The van der Waals surface area contributed by atoms with Gasteiger partial charge in [0.05, 0.1) is 18.5 Å². The van der Waals surface area contributed by atoms with Gasteiger partial charge < -0.3 is 15.4 Å². The molecule has 1 amide bonds. The third-order valence-electron chi connectivity index (χ3n) is 4.03. The molecule has 1 saturated heterocycles. The Hall–Kier alpha value is -2.30. The minimum Gasteiger partial charge on any atom is -0.497 e. The van der Waals surface area contributed by atoms with E-state index in [1.54, 1.807) is 7.11 Å². The van der Waals surface area contributed by atoms with Crippen molar-refractivity contribution < 1.29 is 9.53 Å². The fourth-order valence-corrected chi connectivity index (χ4v) is 2.81. The summed E-state index contributed by atoms with van der Waals surface area (Å²) in [6.07, 6.45) is 1.84. The van der Waals surface area contributed by atoms with Crippen LogP contribution in [0.25, 0.3) is 10.9 Å². The third kappa shape index (κ3) is 2.77. The number of rotatable bonds is 3. The van der Waals surface area contributed by atoms with Gasteiger partial charge in [0.2, 0.25) is 5.91 Å². The van der Waals surface area contributed by atoms with Crippen molar-refractivity contribution in [2.45, 2.75) is 12.8 Å². The number of nitrogens with zero attached hydrogens (tertiary/aromatic N) is 2. The fraction of sp³-hybridized carbons (Fsp3) is 0.375. The first-order valence-electron chi connectivity index (χ1n) is 7.16. The molecule has 0 unspecified atom stereocenters. The van der Waals surface area contributed by atoms with Gasteiger partial charge in [-0.05, 0) is 43.2 Å². The Morgan fingerprint density at radius 2 is 2.24 bits per heavy atom. The predicted octanol–water partition coefficient (Wildman–Crippen LogP) is 1.95. The third-order valence-corrected chi connectivity index (χ3v) is 4.03. The SMILES string of the molecule is COc1ccc2nc(N3CCC[C@H](C(N)=O)C3)ccc2c1. The molecule has 2 N–H and O–H groups in total. The molecule has 0 saturated carbocycles. The van der Waals surface area contributed by atoms with Gasteiger partial charge in [-0.1, -0.05) is 0 Å². The number of pyridine rings is 1. The van der Waals surface area contributed by atoms with E-state index in [4.69, 9.17) is 10.5 Å². The quantitative estimate of drug-likeness (QED) is 0.936. The zero-order valence-corrected chi connectivity index (χ0v) is 12.1. The highest BCUT2D eigenvalue weighted by molar-refractivity contribution is 5.82. The van der Waals surface area contributed by atoms with E-state index in [-0.39, 0.29) is 11.8 Å². The topological polar surface area (TPSA) is 68.4 Å². The lowest BCUT2D eigenvalue weighted by atomic mass is 9.97. The minimum atomic E-state index is -0.217. The summed E-state index contributed by atoms with van der Waals surface area (Å²) >= 11 is 0. The lowest BCUT2D eigenvalue weighted by Gasteiger charge is -2.32. The van der Waals surface area contributed by atoms with Crippen LogP contribution in [0.1, 0.15) is 12.8 Å². The standard InChI is InChI=1S/C16H19N3O2/c1-21-13-5-6-14-11(9-13)4-7-15(18-14)19-8-2-3-12(10-19)16(17)20/h4-7,9,12H,2-3,8,10H2,1H3,(H2,17,20)/t12-/m0/s1. The number of hydrogen-bond acceptors (Lipinski definition) is 4. The first-order chi connectivity index (χ1) is 10.2. The number of carbonyl (C=O) groups is 1. The second kappa shape index (κ2) is 5.60. The highest BCUT2D eigenvalue weighted by Gasteiger charge is 2.24. The zero-order valence-electron chi connectivity index (χ0n) is 12.1. The first-order valence-corrected chi connectivity index (χ1v) is 7.16. The number of hydrogen-bond donors (Lipinski definition) is 1. The highest BCUT2D eigenvalue weighted by atomic mass is 16.5. The van der Waals surface area contributed by atoms with Crippen molar-refractivity contribution in [2.24, 2.45) is 11.7 Å². The normalized spacial score (nSPS) is 18.7. The van der Waals surface area contributed by atoms with Crippen molar-refractivity contribution >= 4 is 22.6 Å². The number of methoxy groups -OCH3 is 1. The van der Waals surface area contributed by atoms with Crippen molar-refractivity contribution in [3.8, 4) is 5.75 Å². The molecular formula is C16H19N3O2. The van der Waals surface area contributed by atoms with Crippen LogP contribution in [0.4, 0.5) is 5.82 Å². The summed E-state index contributed by atoms with van der Waals surface area (Å²) in [5.74, 6) is 1.43. The zero-order chi connectivity index (χ0) is 14.8. The summed E-state index contributed by atoms with van der Waals surface area (Å²) in [4.78, 5) is 18.2. The van der Waals surface area contributed by atoms with E-state index in [9.17, 15) is 4.79 Å². The number of primary amides is 1. The van der Waals surface area contributed by atoms with Crippen LogP contribution in [0, 0.1) is 5.92 Å². The van der Waals surface area contributed by atoms with Crippen molar-refractivity contribution in [1.29, 1.82) is 0 Å². The van der Waals surface area contributed by atoms with E-state index >= 15 is 0 Å². The molecule has 2 aromatic rings. The number of carbonyl (C=O) groups excluding carboxylic acids is 1. The molecule has 3 rings (SSSR count). The Morgan fingerprint density at radius 1 is 1.38 bits per heavy atom. The maximum atomic E-state index is 11.4. The first kappa shape index (κ1) is 13.7. The second-order valence-electron chi connectivity index (χ2n) is 5.42. The number of anilines is 1. The lowest BCUT2D eigenvalue weighted by molar-refractivity contribution is -0.122. The van der Waals surface area contributed by atoms with Crippen LogP contribution in [0.5, 0.6) is 5.75 Å². The van der Waals surface area contributed by atoms with Gasteiger partial charge >= 0.3 is 0 Å². The van der Waals surface area contributed by atoms with Gasteiger partial charge in [0.1, 0.15) is 11.6 Å². The van der Waals surface area contributed by atoms with Gasteiger partial charge in [-0.2, -0.15) is 0 Å². The average Bonchev–Trinajstić information content (AvgIpc) is 2.54. The van der Waals surface area contributed by atoms with E-state index in [0.29, 0.717) is 6.54 Å². The summed E-state index contributed by atoms with van der Waals surface area (Å²) < 4.78 is 5.22. The summed E-state index contributed by atoms with van der Waals surface area (Å²) in [5, 5.41) is 1.04. The molecule has 5 nitrogen and oxygen atoms in total. The Bertz CT molecular complexity index is 672. The Balaban J connectivity index is 1.88. The van der Waals surface area contributed by atoms with Gasteiger partial charge in [0, 0.05) is 18.5 Å². The molecule has 21 heavy (non-hydrogen) atoms. The van der Waals surface area contributed by atoms with Gasteiger partial charge in [0.15, 0.2) is 0 Å². The number of nitrogens with two attached hydrogens (primary N) is 1. The summed E-state index contributed by atoms with van der Waals surface area (Å²) in [7, 11) is 1.65. The number of amides is 1. The molecule has 110 valence electrons. The maximum Gasteiger partial charge on any atom is 0.222 e. The molecule has 1 aliphatic rings. The summed E-state index contributed by atoms with van der Waals surface area (Å²) in [5.41, 5.74) is 6.36. The highest BCUT2D eigenvalue weighted by Crippen LogP contribution is 2.25. The summed E-state index contributed by atoms with van der Waals surface area (Å²) in [6, 6.07) is 9.85. The molecule has 0 bridgehead atoms. The molecule has 1 fully saturated rings. The van der Waals surface area contributed by atoms with E-state index < -0.39 is 0 Å². The Labute approximate surface area is 123 Å². The molecule has 5 heteroatoms. The average molecular weight is 285 g/mol. The van der Waals surface area contributed by atoms with Gasteiger partial charge in [-0.3, -0.25) is 4.79 Å². The lowest BCUT2D eigenvalue weighted by Crippen LogP contribution is -2.41. The van der Waals surface area contributed by atoms with Gasteiger partial charge in [-0.15, -0.1) is 0 Å². The Morgan fingerprint density at radius 3 is 3.00 bits per heavy atom. The number of fused-ring (bicyclic) bond motifs is 1. The monoisotopic (exact) mass is 285 g/mol. The predicted molar refractivity (Wildman–Crippen MR) is 82.4 cm³/mol. The van der Waals surface area contributed by atoms with Crippen LogP contribution < -0.4 is 15.4 Å². The number of piperidine rings is 1. The van der Waals surface area contributed by atoms with E-state index in [1.807, 2.05) is 30.3 Å². The molecule has 0 spiro atoms. The summed E-state index contributed by atoms with van der Waals surface area (Å²) in [6.45, 7) is 1.57. The molecule has 1 aliphatic heterocycles. The molecule has 0 aliphatic carbocycles. The van der Waals surface area contributed by atoms with Crippen LogP contribution in [0.15, 0.2) is 30.3 Å². The Kier molecular flexibility index (Phi) is 3.64. The smallest absolute Gasteiger partial charge is 0.222 e. The molecule has 0 radical (unpaired) electrons. The molecule has 1 atom stereocenters. The second-order valence-corrected chi connectivity index (χ2v) is 5.42. The van der Waals surface area contributed by atoms with Crippen LogP contribution in [0.2, 0.25) is 0 Å². The number of benzene rings is 1. The molecule has 2 heterocycles. The van der Waals surface area contributed by atoms with Crippen LogP contribution in [-0.4, -0.2) is 31.1 Å². The largest absolute Gasteiger partial charge is 0.497 e. The minimum absolute atomic E-state index is 0.0767. The van der Waals surface area contributed by atoms with Gasteiger partial charge in [0.25, 0.3) is 0 Å². The number of aromatic nitrogens is 1. The molecule has 1 aromatic heterocycles. The molecular weight excluding hydrogens is 266 g/mol. The molecule has 1 aromatic carbocycles. The van der Waals surface area contributed by atoms with Crippen LogP contribution in [0.3, 0.4) is 0 Å². The van der Waals surface area contributed by atoms with E-state index in [1.165, 1.54) is 0 Å². The maximum absolute atomic E-state index is 11.4. The van der Waals surface area contributed by atoms with Crippen molar-refractivity contribution in [3.63, 3.8) is 0 Å². The van der Waals surface area contributed by atoms with Crippen molar-refractivity contribution in [3.05, 3.63) is 30.3 Å². The van der Waals surface area contributed by atoms with Crippen LogP contribution in [-0.2, 0) is 4.79 Å². The van der Waals surface area contributed by atoms with E-state index in [2.05, 4.69) is 9.88 Å². The van der Waals surface area contributed by atoms with Gasteiger partial charge in [-0.25, -0.2) is 4.98 Å².